The highest BCUT2D eigenvalue weighted by atomic mass is 16.7. The van der Waals surface area contributed by atoms with Gasteiger partial charge in [0, 0.05) is 18.6 Å². The number of carbonyl (C=O) groups is 1. The predicted molar refractivity (Wildman–Crippen MR) is 157 cm³/mol. The zero-order chi connectivity index (χ0) is 33.0. The van der Waals surface area contributed by atoms with Gasteiger partial charge < -0.3 is 88.9 Å². The molecule has 0 radical (unpaired) electrons. The molecule has 1 amide bonds. The zero-order valence-electron chi connectivity index (χ0n) is 25.3. The number of aliphatic hydroxyl groups excluding tert-OH is 6. The summed E-state index contributed by atoms with van der Waals surface area (Å²) in [5, 5.41) is 68.9. The fourth-order valence-electron chi connectivity index (χ4n) is 6.45. The fourth-order valence-corrected chi connectivity index (χ4v) is 6.45. The molecule has 0 aromatic rings. The van der Waals surface area contributed by atoms with Crippen molar-refractivity contribution in [1.29, 1.82) is 0 Å². The number of amides is 1. The largest absolute Gasteiger partial charge is 0.394 e. The third kappa shape index (κ3) is 8.85. The summed E-state index contributed by atoms with van der Waals surface area (Å²) in [6.07, 6.45) is -11.8. The van der Waals surface area contributed by atoms with Gasteiger partial charge in [-0.2, -0.15) is 0 Å². The van der Waals surface area contributed by atoms with Crippen LogP contribution in [-0.4, -0.2) is 161 Å². The highest BCUT2D eigenvalue weighted by molar-refractivity contribution is 5.80. The van der Waals surface area contributed by atoms with E-state index in [0.29, 0.717) is 12.5 Å². The summed E-state index contributed by atoms with van der Waals surface area (Å²) in [6.45, 7) is 0.468. The highest BCUT2D eigenvalue weighted by Crippen LogP contribution is 2.32. The average molecular weight is 652 g/mol. The molecule has 2 saturated heterocycles. The van der Waals surface area contributed by atoms with Crippen molar-refractivity contribution >= 4 is 5.91 Å². The third-order valence-electron chi connectivity index (χ3n) is 9.26. The molecule has 0 unspecified atom stereocenters. The number of hydrogen-bond acceptors (Lipinski definition) is 17. The molecular weight excluding hydrogens is 598 g/mol. The van der Waals surface area contributed by atoms with E-state index in [4.69, 9.17) is 47.6 Å². The van der Waals surface area contributed by atoms with Crippen LogP contribution in [0, 0.1) is 5.92 Å². The first-order chi connectivity index (χ1) is 21.3. The molecule has 0 spiro atoms. The molecule has 0 aromatic carbocycles. The lowest BCUT2D eigenvalue weighted by Crippen LogP contribution is -2.69. The first kappa shape index (κ1) is 36.7. The van der Waals surface area contributed by atoms with Crippen LogP contribution < -0.4 is 39.3 Å². The van der Waals surface area contributed by atoms with Crippen LogP contribution in [0.4, 0.5) is 0 Å². The van der Waals surface area contributed by atoms with Crippen molar-refractivity contribution in [1.82, 2.24) is 10.6 Å². The van der Waals surface area contributed by atoms with Gasteiger partial charge in [0.25, 0.3) is 0 Å². The van der Waals surface area contributed by atoms with E-state index in [1.54, 1.807) is 0 Å². The second-order valence-electron chi connectivity index (χ2n) is 12.8. The molecule has 2 saturated carbocycles. The van der Waals surface area contributed by atoms with E-state index in [1.807, 2.05) is 0 Å². The van der Waals surface area contributed by atoms with Gasteiger partial charge >= 0.3 is 0 Å². The van der Waals surface area contributed by atoms with Gasteiger partial charge in [0.2, 0.25) is 5.91 Å². The normalized spacial score (nSPS) is 46.3. The van der Waals surface area contributed by atoms with E-state index in [-0.39, 0.29) is 31.8 Å². The first-order valence-corrected chi connectivity index (χ1v) is 15.7. The second-order valence-corrected chi connectivity index (χ2v) is 12.8. The molecule has 2 aliphatic heterocycles. The molecular formula is C27H53N7O11. The van der Waals surface area contributed by atoms with Crippen LogP contribution in [0.1, 0.15) is 32.1 Å². The minimum absolute atomic E-state index is 0.0203. The Bertz CT molecular complexity index is 938. The van der Waals surface area contributed by atoms with E-state index in [9.17, 15) is 35.4 Å². The summed E-state index contributed by atoms with van der Waals surface area (Å²) in [5.41, 5.74) is 30.0. The van der Waals surface area contributed by atoms with E-state index in [1.165, 1.54) is 0 Å². The lowest BCUT2D eigenvalue weighted by atomic mass is 9.81. The van der Waals surface area contributed by atoms with Gasteiger partial charge in [-0.05, 0) is 51.1 Å². The minimum Gasteiger partial charge on any atom is -0.394 e. The van der Waals surface area contributed by atoms with Crippen LogP contribution in [0.2, 0.25) is 0 Å². The van der Waals surface area contributed by atoms with E-state index in [0.717, 1.165) is 19.4 Å². The Morgan fingerprint density at radius 3 is 2.16 bits per heavy atom. The van der Waals surface area contributed by atoms with Crippen LogP contribution in [-0.2, 0) is 23.7 Å². The maximum absolute atomic E-state index is 12.7. The Labute approximate surface area is 261 Å². The second kappa shape index (κ2) is 16.3. The van der Waals surface area contributed by atoms with Crippen molar-refractivity contribution in [2.24, 2.45) is 34.6 Å². The monoisotopic (exact) mass is 651 g/mol. The standard InChI is InChI=1S/C27H53N7O11/c28-2-1-15(36)25(41)34-14-5-12(30)23(22(40)24(14)45-27-21(39)19(32)20(38)18(9-35)43-27)44-26-13(31)6-16(37)17(42-26)8-33-7-10-3-11(29)4-10/h10-24,26-27,33,35-40H,1-9,28-32H2,(H,34,41)/t10?,11?,12-,13+,14+,15-,16-,17+,18+,19-,20+,21+,22-,23+,24-,26+,27+/m0/s1. The summed E-state index contributed by atoms with van der Waals surface area (Å²) in [7, 11) is 0. The van der Waals surface area contributed by atoms with Crippen molar-refractivity contribution in [3.05, 3.63) is 0 Å². The minimum atomic E-state index is -1.58. The quantitative estimate of drug-likeness (QED) is 0.0879. The molecule has 4 rings (SSSR count). The molecule has 18 heteroatoms. The molecule has 2 aliphatic carbocycles. The number of rotatable bonds is 13. The van der Waals surface area contributed by atoms with Crippen LogP contribution in [0.3, 0.4) is 0 Å². The maximum atomic E-state index is 12.7. The van der Waals surface area contributed by atoms with E-state index < -0.39 is 104 Å². The smallest absolute Gasteiger partial charge is 0.249 e. The number of nitrogens with one attached hydrogen (secondary N) is 2. The average Bonchev–Trinajstić information content (AvgIpc) is 2.98. The van der Waals surface area contributed by atoms with Crippen LogP contribution in [0.5, 0.6) is 0 Å². The lowest BCUT2D eigenvalue weighted by Gasteiger charge is -2.48. The maximum Gasteiger partial charge on any atom is 0.249 e. The van der Waals surface area contributed by atoms with Crippen LogP contribution >= 0.6 is 0 Å². The van der Waals surface area contributed by atoms with Crippen molar-refractivity contribution in [2.75, 3.05) is 26.2 Å². The van der Waals surface area contributed by atoms with Crippen molar-refractivity contribution in [3.63, 3.8) is 0 Å². The Morgan fingerprint density at radius 1 is 0.844 bits per heavy atom. The molecule has 45 heavy (non-hydrogen) atoms. The molecule has 18 N–H and O–H groups in total. The van der Waals surface area contributed by atoms with Gasteiger partial charge in [-0.15, -0.1) is 0 Å². The molecule has 0 aromatic heterocycles. The molecule has 18 nitrogen and oxygen atoms in total. The topological polar surface area (TPSA) is 330 Å². The number of hydrogen-bond donors (Lipinski definition) is 13. The molecule has 2 heterocycles. The summed E-state index contributed by atoms with van der Waals surface area (Å²) >= 11 is 0. The fraction of sp³-hybridized carbons (Fsp3) is 0.963. The van der Waals surface area contributed by atoms with E-state index >= 15 is 0 Å². The molecule has 15 atom stereocenters. The van der Waals surface area contributed by atoms with Crippen LogP contribution in [0.15, 0.2) is 0 Å². The highest BCUT2D eigenvalue weighted by Gasteiger charge is 2.51. The summed E-state index contributed by atoms with van der Waals surface area (Å²) in [4.78, 5) is 12.7. The van der Waals surface area contributed by atoms with Crippen molar-refractivity contribution in [2.45, 2.75) is 130 Å². The van der Waals surface area contributed by atoms with Gasteiger partial charge in [0.15, 0.2) is 12.6 Å². The SMILES string of the molecule is NCC[C@H](O)C(=O)N[C@@H]1C[C@H](N)[C@@H](O[C@H]2O[C@H](CNCC3CC(N)C3)[C@@H](O)C[C@H]2N)[C@H](O)[C@H]1O[C@H]1O[C@H](CO)[C@@H](O)[C@H](N)[C@H]1O. The van der Waals surface area contributed by atoms with Crippen molar-refractivity contribution < 1.29 is 54.4 Å². The number of aliphatic hydroxyl groups is 6. The Morgan fingerprint density at radius 2 is 1.51 bits per heavy atom. The number of nitrogens with two attached hydrogens (primary N) is 5. The summed E-state index contributed by atoms with van der Waals surface area (Å²) in [5.74, 6) is -0.321. The molecule has 0 bridgehead atoms. The van der Waals surface area contributed by atoms with Gasteiger partial charge in [0.1, 0.15) is 42.7 Å². The zero-order valence-corrected chi connectivity index (χ0v) is 25.3. The Hall–Kier alpha value is -1.17. The van der Waals surface area contributed by atoms with Crippen molar-refractivity contribution in [3.8, 4) is 0 Å². The summed E-state index contributed by atoms with van der Waals surface area (Å²) < 4.78 is 23.7. The van der Waals surface area contributed by atoms with Gasteiger partial charge in [0.05, 0.1) is 36.9 Å². The number of ether oxygens (including phenoxy) is 4. The molecule has 262 valence electrons. The van der Waals surface area contributed by atoms with Gasteiger partial charge in [-0.3, -0.25) is 4.79 Å². The Kier molecular flexibility index (Phi) is 13.3. The first-order valence-electron chi connectivity index (χ1n) is 15.7. The Balaban J connectivity index is 1.47. The summed E-state index contributed by atoms with van der Waals surface area (Å²) in [6, 6.07) is -3.72. The number of carbonyl (C=O) groups excluding carboxylic acids is 1. The van der Waals surface area contributed by atoms with Gasteiger partial charge in [-0.25, -0.2) is 0 Å². The van der Waals surface area contributed by atoms with Crippen LogP contribution in [0.25, 0.3) is 0 Å². The lowest BCUT2D eigenvalue weighted by molar-refractivity contribution is -0.316. The predicted octanol–water partition coefficient (Wildman–Crippen LogP) is -7.06. The van der Waals surface area contributed by atoms with Gasteiger partial charge in [-0.1, -0.05) is 0 Å². The molecule has 4 aliphatic rings. The molecule has 4 fully saturated rings. The van der Waals surface area contributed by atoms with E-state index in [2.05, 4.69) is 10.6 Å². The third-order valence-corrected chi connectivity index (χ3v) is 9.26.